The van der Waals surface area contributed by atoms with Gasteiger partial charge in [-0.2, -0.15) is 0 Å². The summed E-state index contributed by atoms with van der Waals surface area (Å²) in [5.74, 6) is -0.0576. The van der Waals surface area contributed by atoms with E-state index in [2.05, 4.69) is 0 Å². The number of Topliss-reactive ketones (excluding diaryl/α,β-unsaturated/α-hetero) is 1. The topological polar surface area (TPSA) is 82.2 Å². The first-order valence-corrected chi connectivity index (χ1v) is 4.77. The molecule has 0 saturated carbocycles. The number of aromatic nitrogens is 1. The molecule has 1 aromatic rings. The van der Waals surface area contributed by atoms with Gasteiger partial charge in [-0.25, -0.2) is 0 Å². The van der Waals surface area contributed by atoms with Crippen molar-refractivity contribution in [2.45, 2.75) is 26.8 Å². The first-order chi connectivity index (χ1) is 7.43. The van der Waals surface area contributed by atoms with Gasteiger partial charge < -0.3 is 4.57 Å². The largest absolute Gasteiger partial charge is 0.334 e. The average molecular weight is 224 g/mol. The molecule has 0 aliphatic carbocycles. The molecule has 1 rings (SSSR count). The van der Waals surface area contributed by atoms with E-state index in [4.69, 9.17) is 0 Å². The number of pyridine rings is 1. The van der Waals surface area contributed by atoms with Crippen LogP contribution in [0.2, 0.25) is 0 Å². The van der Waals surface area contributed by atoms with Crippen LogP contribution in [0.1, 0.15) is 19.0 Å². The quantitative estimate of drug-likeness (QED) is 0.565. The van der Waals surface area contributed by atoms with Crippen LogP contribution in [0.3, 0.4) is 0 Å². The van der Waals surface area contributed by atoms with Crippen LogP contribution in [0.25, 0.3) is 0 Å². The molecular formula is C10H12N2O4. The second-order valence-corrected chi connectivity index (χ2v) is 3.53. The van der Waals surface area contributed by atoms with Crippen molar-refractivity contribution in [2.24, 2.45) is 0 Å². The summed E-state index contributed by atoms with van der Waals surface area (Å²) in [5, 5.41) is 10.5. The summed E-state index contributed by atoms with van der Waals surface area (Å²) in [7, 11) is 0. The maximum atomic E-state index is 11.7. The van der Waals surface area contributed by atoms with Crippen LogP contribution >= 0.6 is 0 Å². The number of ketones is 1. The molecule has 0 aliphatic heterocycles. The molecule has 0 fully saturated rings. The first-order valence-electron chi connectivity index (χ1n) is 4.77. The maximum absolute atomic E-state index is 11.7. The van der Waals surface area contributed by atoms with Crippen LogP contribution in [-0.2, 0) is 11.3 Å². The van der Waals surface area contributed by atoms with Gasteiger partial charge in [0.2, 0.25) is 0 Å². The lowest BCUT2D eigenvalue weighted by Crippen LogP contribution is -2.25. The van der Waals surface area contributed by atoms with Crippen LogP contribution in [0.5, 0.6) is 0 Å². The van der Waals surface area contributed by atoms with E-state index >= 15 is 0 Å². The highest BCUT2D eigenvalue weighted by Crippen LogP contribution is 2.06. The molecule has 0 unspecified atom stereocenters. The second-order valence-electron chi connectivity index (χ2n) is 3.53. The third-order valence-electron chi connectivity index (χ3n) is 2.26. The van der Waals surface area contributed by atoms with E-state index in [9.17, 15) is 19.7 Å². The van der Waals surface area contributed by atoms with Crippen molar-refractivity contribution in [3.8, 4) is 0 Å². The summed E-state index contributed by atoms with van der Waals surface area (Å²) in [6, 6.07) is 2.68. The Bertz CT molecular complexity index is 490. The van der Waals surface area contributed by atoms with Crippen molar-refractivity contribution in [1.82, 2.24) is 4.57 Å². The molecule has 0 amide bonds. The molecule has 0 aromatic carbocycles. The van der Waals surface area contributed by atoms with Crippen LogP contribution in [0.4, 0.5) is 5.69 Å². The maximum Gasteiger partial charge on any atom is 0.334 e. The summed E-state index contributed by atoms with van der Waals surface area (Å²) in [5.41, 5.74) is -0.516. The highest BCUT2D eigenvalue weighted by atomic mass is 16.6. The van der Waals surface area contributed by atoms with Crippen molar-refractivity contribution in [1.29, 1.82) is 0 Å². The Kier molecular flexibility index (Phi) is 3.55. The molecule has 0 bridgehead atoms. The van der Waals surface area contributed by atoms with Gasteiger partial charge in [0.1, 0.15) is 5.78 Å². The zero-order valence-corrected chi connectivity index (χ0v) is 9.10. The predicted octanol–water partition coefficient (Wildman–Crippen LogP) is 1.04. The van der Waals surface area contributed by atoms with Crippen molar-refractivity contribution < 1.29 is 9.72 Å². The van der Waals surface area contributed by atoms with Gasteiger partial charge in [0.25, 0.3) is 0 Å². The number of aryl methyl sites for hydroxylation is 1. The fourth-order valence-electron chi connectivity index (χ4n) is 1.35. The molecule has 0 atom stereocenters. The van der Waals surface area contributed by atoms with Gasteiger partial charge in [0.05, 0.1) is 4.92 Å². The molecule has 0 saturated heterocycles. The molecule has 6 heteroatoms. The third-order valence-corrected chi connectivity index (χ3v) is 2.26. The summed E-state index contributed by atoms with van der Waals surface area (Å²) in [4.78, 5) is 32.3. The number of carbonyl (C=O) groups is 1. The molecular weight excluding hydrogens is 212 g/mol. The summed E-state index contributed by atoms with van der Waals surface area (Å²) in [6.07, 6.45) is 0.196. The summed E-state index contributed by atoms with van der Waals surface area (Å²) >= 11 is 0. The van der Waals surface area contributed by atoms with E-state index in [1.807, 2.05) is 0 Å². The molecule has 0 radical (unpaired) electrons. The van der Waals surface area contributed by atoms with E-state index < -0.39 is 16.2 Å². The minimum absolute atomic E-state index is 0.0576. The normalized spacial score (nSPS) is 10.1. The number of hydrogen-bond acceptors (Lipinski definition) is 4. The zero-order chi connectivity index (χ0) is 12.3. The number of rotatable bonds is 4. The Morgan fingerprint density at radius 2 is 2.12 bits per heavy atom. The molecule has 0 aliphatic rings. The minimum Gasteiger partial charge on any atom is -0.307 e. The smallest absolute Gasteiger partial charge is 0.307 e. The zero-order valence-electron chi connectivity index (χ0n) is 9.10. The van der Waals surface area contributed by atoms with Crippen molar-refractivity contribution in [3.05, 3.63) is 38.3 Å². The summed E-state index contributed by atoms with van der Waals surface area (Å²) in [6.45, 7) is 3.27. The lowest BCUT2D eigenvalue weighted by molar-refractivity contribution is -0.386. The van der Waals surface area contributed by atoms with Gasteiger partial charge in [-0.15, -0.1) is 0 Å². The fraction of sp³-hybridized carbons (Fsp3) is 0.400. The fourth-order valence-corrected chi connectivity index (χ4v) is 1.35. The molecule has 1 aromatic heterocycles. The number of nitrogens with zero attached hydrogens (tertiary/aromatic N) is 2. The second kappa shape index (κ2) is 4.69. The monoisotopic (exact) mass is 224 g/mol. The van der Waals surface area contributed by atoms with Crippen LogP contribution in [-0.4, -0.2) is 15.3 Å². The van der Waals surface area contributed by atoms with Crippen LogP contribution in [0.15, 0.2) is 16.9 Å². The average Bonchev–Trinajstić information content (AvgIpc) is 2.16. The van der Waals surface area contributed by atoms with Gasteiger partial charge in [0.15, 0.2) is 0 Å². The SMILES string of the molecule is CC(=O)CCn1c(C)ccc([N+](=O)[O-])c1=O. The Hall–Kier alpha value is -1.98. The van der Waals surface area contributed by atoms with Crippen molar-refractivity contribution >= 4 is 11.5 Å². The molecule has 6 nitrogen and oxygen atoms in total. The van der Waals surface area contributed by atoms with Gasteiger partial charge in [0, 0.05) is 24.7 Å². The lowest BCUT2D eigenvalue weighted by Gasteiger charge is -2.07. The third kappa shape index (κ3) is 2.53. The standard InChI is InChI=1S/C10H12N2O4/c1-7-3-4-9(12(15)16)10(14)11(7)6-5-8(2)13/h3-4H,5-6H2,1-2H3. The Labute approximate surface area is 91.7 Å². The van der Waals surface area contributed by atoms with Gasteiger partial charge in [-0.3, -0.25) is 19.7 Å². The van der Waals surface area contributed by atoms with Crippen LogP contribution in [0, 0.1) is 17.0 Å². The predicted molar refractivity (Wildman–Crippen MR) is 57.4 cm³/mol. The van der Waals surface area contributed by atoms with E-state index in [-0.39, 0.29) is 18.7 Å². The Morgan fingerprint density at radius 1 is 1.50 bits per heavy atom. The van der Waals surface area contributed by atoms with Gasteiger partial charge >= 0.3 is 11.2 Å². The van der Waals surface area contributed by atoms with Crippen molar-refractivity contribution in [3.63, 3.8) is 0 Å². The first kappa shape index (κ1) is 12.1. The van der Waals surface area contributed by atoms with Gasteiger partial charge in [-0.05, 0) is 19.9 Å². The molecule has 16 heavy (non-hydrogen) atoms. The van der Waals surface area contributed by atoms with Gasteiger partial charge in [-0.1, -0.05) is 0 Å². The Balaban J connectivity index is 3.16. The van der Waals surface area contributed by atoms with E-state index in [1.165, 1.54) is 23.6 Å². The molecule has 0 spiro atoms. The highest BCUT2D eigenvalue weighted by Gasteiger charge is 2.15. The molecule has 0 N–H and O–H groups in total. The number of hydrogen-bond donors (Lipinski definition) is 0. The van der Waals surface area contributed by atoms with Crippen LogP contribution < -0.4 is 5.56 Å². The van der Waals surface area contributed by atoms with Crippen molar-refractivity contribution in [2.75, 3.05) is 0 Å². The van der Waals surface area contributed by atoms with E-state index in [1.54, 1.807) is 6.92 Å². The number of carbonyl (C=O) groups excluding carboxylic acids is 1. The van der Waals surface area contributed by atoms with E-state index in [0.29, 0.717) is 5.69 Å². The highest BCUT2D eigenvalue weighted by molar-refractivity contribution is 5.75. The molecule has 86 valence electrons. The summed E-state index contributed by atoms with van der Waals surface area (Å²) < 4.78 is 1.25. The van der Waals surface area contributed by atoms with E-state index in [0.717, 1.165) is 0 Å². The Morgan fingerprint density at radius 3 is 2.62 bits per heavy atom. The minimum atomic E-state index is -0.716. The lowest BCUT2D eigenvalue weighted by atomic mass is 10.2. The molecule has 1 heterocycles. The number of nitro groups is 1.